The Bertz CT molecular complexity index is 1460. The Morgan fingerprint density at radius 2 is 1.65 bits per heavy atom. The van der Waals surface area contributed by atoms with E-state index in [-0.39, 0.29) is 6.61 Å². The fourth-order valence-corrected chi connectivity index (χ4v) is 4.41. The van der Waals surface area contributed by atoms with Gasteiger partial charge in [-0.15, -0.1) is 0 Å². The van der Waals surface area contributed by atoms with Gasteiger partial charge in [-0.1, -0.05) is 36.4 Å². The van der Waals surface area contributed by atoms with Crippen LogP contribution in [0.2, 0.25) is 0 Å². The summed E-state index contributed by atoms with van der Waals surface area (Å²) in [6.45, 7) is 0.518. The van der Waals surface area contributed by atoms with Crippen molar-refractivity contribution in [1.82, 2.24) is 0 Å². The van der Waals surface area contributed by atoms with Gasteiger partial charge in [0.1, 0.15) is 24.7 Å². The van der Waals surface area contributed by atoms with Gasteiger partial charge in [0, 0.05) is 16.1 Å². The van der Waals surface area contributed by atoms with Gasteiger partial charge in [0.15, 0.2) is 17.8 Å². The van der Waals surface area contributed by atoms with Crippen LogP contribution >= 0.6 is 15.9 Å². The van der Waals surface area contributed by atoms with Crippen molar-refractivity contribution in [2.75, 3.05) is 14.2 Å². The summed E-state index contributed by atoms with van der Waals surface area (Å²) in [5.74, 6) is 2.29. The molecule has 4 aromatic rings. The molecule has 0 aromatic heterocycles. The minimum atomic E-state index is 0.221. The van der Waals surface area contributed by atoms with Gasteiger partial charge in [-0.2, -0.15) is 5.26 Å². The summed E-state index contributed by atoms with van der Waals surface area (Å²) in [6.07, 6.45) is 0.744. The standard InChI is InChI=1S/C30H24BrNO5/c1-34-27-12-10-22(14-29(27)35-2)26-8-4-7-24(30(26)31)19-36-25-11-9-23(17-33)28(15-25)37-18-21-6-3-5-20(13-21)16-32/h3-15,17H,18-19H2,1-2H3. The number of methoxy groups -OCH3 is 2. The molecule has 0 saturated heterocycles. The highest BCUT2D eigenvalue weighted by molar-refractivity contribution is 9.10. The van der Waals surface area contributed by atoms with Gasteiger partial charge >= 0.3 is 0 Å². The molecule has 0 radical (unpaired) electrons. The van der Waals surface area contributed by atoms with Crippen LogP contribution in [0, 0.1) is 11.3 Å². The van der Waals surface area contributed by atoms with E-state index in [4.69, 9.17) is 24.2 Å². The van der Waals surface area contributed by atoms with Crippen LogP contribution in [0.15, 0.2) is 83.3 Å². The van der Waals surface area contributed by atoms with Gasteiger partial charge in [0.05, 0.1) is 31.4 Å². The zero-order chi connectivity index (χ0) is 26.2. The maximum Gasteiger partial charge on any atom is 0.161 e. The molecule has 0 aliphatic rings. The molecule has 0 spiro atoms. The highest BCUT2D eigenvalue weighted by Crippen LogP contribution is 2.37. The van der Waals surface area contributed by atoms with Crippen molar-refractivity contribution in [3.63, 3.8) is 0 Å². The van der Waals surface area contributed by atoms with Crippen molar-refractivity contribution in [2.24, 2.45) is 0 Å². The highest BCUT2D eigenvalue weighted by atomic mass is 79.9. The molecule has 0 atom stereocenters. The SMILES string of the molecule is COc1ccc(-c2cccc(COc3ccc(C=O)c(OCc4cccc(C#N)c4)c3)c2Br)cc1OC. The predicted molar refractivity (Wildman–Crippen MR) is 144 cm³/mol. The Morgan fingerprint density at radius 1 is 0.838 bits per heavy atom. The average Bonchev–Trinajstić information content (AvgIpc) is 2.95. The molecule has 6 nitrogen and oxygen atoms in total. The summed E-state index contributed by atoms with van der Waals surface area (Å²) in [4.78, 5) is 11.5. The molecule has 7 heteroatoms. The summed E-state index contributed by atoms with van der Waals surface area (Å²) >= 11 is 3.73. The van der Waals surface area contributed by atoms with Gasteiger partial charge in [-0.3, -0.25) is 4.79 Å². The minimum absolute atomic E-state index is 0.221. The highest BCUT2D eigenvalue weighted by Gasteiger charge is 2.13. The number of ether oxygens (including phenoxy) is 4. The number of benzene rings is 4. The molecule has 0 fully saturated rings. The molecule has 37 heavy (non-hydrogen) atoms. The van der Waals surface area contributed by atoms with Gasteiger partial charge in [0.25, 0.3) is 0 Å². The molecular weight excluding hydrogens is 534 g/mol. The van der Waals surface area contributed by atoms with E-state index >= 15 is 0 Å². The molecule has 4 rings (SSSR count). The number of carbonyl (C=O) groups is 1. The van der Waals surface area contributed by atoms with Crippen molar-refractivity contribution < 1.29 is 23.7 Å². The number of nitriles is 1. The third-order valence-corrected chi connectivity index (χ3v) is 6.67. The molecule has 0 aliphatic carbocycles. The van der Waals surface area contributed by atoms with Crippen molar-refractivity contribution in [2.45, 2.75) is 13.2 Å². The summed E-state index contributed by atoms with van der Waals surface area (Å²) in [7, 11) is 3.22. The van der Waals surface area contributed by atoms with Crippen LogP contribution in [-0.4, -0.2) is 20.5 Å². The number of rotatable bonds is 10. The Balaban J connectivity index is 1.51. The van der Waals surface area contributed by atoms with Crippen LogP contribution in [0.3, 0.4) is 0 Å². The maximum atomic E-state index is 11.5. The summed E-state index contributed by atoms with van der Waals surface area (Å²) in [6, 6.07) is 26.1. The van der Waals surface area contributed by atoms with Crippen LogP contribution < -0.4 is 18.9 Å². The van der Waals surface area contributed by atoms with E-state index in [1.54, 1.807) is 50.6 Å². The quantitative estimate of drug-likeness (QED) is 0.196. The first kappa shape index (κ1) is 25.8. The van der Waals surface area contributed by atoms with Crippen molar-refractivity contribution in [3.05, 3.63) is 106 Å². The van der Waals surface area contributed by atoms with E-state index in [0.717, 1.165) is 33.0 Å². The van der Waals surface area contributed by atoms with Gasteiger partial charge in [-0.25, -0.2) is 0 Å². The molecule has 0 saturated carbocycles. The molecule has 186 valence electrons. The van der Waals surface area contributed by atoms with Gasteiger partial charge in [0.2, 0.25) is 0 Å². The molecular formula is C30H24BrNO5. The molecule has 4 aromatic carbocycles. The van der Waals surface area contributed by atoms with Gasteiger partial charge < -0.3 is 18.9 Å². The van der Waals surface area contributed by atoms with Crippen molar-refractivity contribution in [1.29, 1.82) is 5.26 Å². The second-order valence-corrected chi connectivity index (χ2v) is 8.85. The van der Waals surface area contributed by atoms with E-state index in [0.29, 0.717) is 40.7 Å². The fraction of sp³-hybridized carbons (Fsp3) is 0.133. The van der Waals surface area contributed by atoms with E-state index in [9.17, 15) is 4.79 Å². The lowest BCUT2D eigenvalue weighted by molar-refractivity contribution is 0.111. The summed E-state index contributed by atoms with van der Waals surface area (Å²) < 4.78 is 23.7. The maximum absolute atomic E-state index is 11.5. The number of nitrogens with zero attached hydrogens (tertiary/aromatic N) is 1. The van der Waals surface area contributed by atoms with Crippen molar-refractivity contribution in [3.8, 4) is 40.2 Å². The Hall–Kier alpha value is -4.28. The van der Waals surface area contributed by atoms with Crippen LogP contribution in [0.4, 0.5) is 0 Å². The Kier molecular flexibility index (Phi) is 8.44. The average molecular weight is 558 g/mol. The number of hydrogen-bond donors (Lipinski definition) is 0. The normalized spacial score (nSPS) is 10.3. The van der Waals surface area contributed by atoms with E-state index in [1.165, 1.54) is 0 Å². The zero-order valence-electron chi connectivity index (χ0n) is 20.4. The second-order valence-electron chi connectivity index (χ2n) is 8.06. The monoisotopic (exact) mass is 557 g/mol. The second kappa shape index (κ2) is 12.1. The van der Waals surface area contributed by atoms with E-state index in [1.807, 2.05) is 42.5 Å². The fourth-order valence-electron chi connectivity index (χ4n) is 3.80. The Morgan fingerprint density at radius 3 is 2.41 bits per heavy atom. The minimum Gasteiger partial charge on any atom is -0.493 e. The van der Waals surface area contributed by atoms with E-state index in [2.05, 4.69) is 22.0 Å². The number of hydrogen-bond acceptors (Lipinski definition) is 6. The topological polar surface area (TPSA) is 77.8 Å². The first-order valence-corrected chi connectivity index (χ1v) is 12.2. The lowest BCUT2D eigenvalue weighted by Gasteiger charge is -2.15. The Labute approximate surface area is 224 Å². The number of aldehydes is 1. The number of halogens is 1. The third kappa shape index (κ3) is 6.11. The number of carbonyl (C=O) groups excluding carboxylic acids is 1. The third-order valence-electron chi connectivity index (χ3n) is 5.73. The van der Waals surface area contributed by atoms with Gasteiger partial charge in [-0.05, 0) is 69.0 Å². The predicted octanol–water partition coefficient (Wildman–Crippen LogP) is 6.98. The van der Waals surface area contributed by atoms with Crippen LogP contribution in [0.5, 0.6) is 23.0 Å². The molecule has 0 unspecified atom stereocenters. The first-order chi connectivity index (χ1) is 18.1. The zero-order valence-corrected chi connectivity index (χ0v) is 21.9. The smallest absolute Gasteiger partial charge is 0.161 e. The molecule has 0 bridgehead atoms. The molecule has 0 aliphatic heterocycles. The molecule has 0 heterocycles. The van der Waals surface area contributed by atoms with Crippen LogP contribution in [-0.2, 0) is 13.2 Å². The van der Waals surface area contributed by atoms with Crippen LogP contribution in [0.1, 0.15) is 27.0 Å². The molecule has 0 amide bonds. The summed E-state index contributed by atoms with van der Waals surface area (Å²) in [5.41, 5.74) is 4.70. The molecule has 0 N–H and O–H groups in total. The summed E-state index contributed by atoms with van der Waals surface area (Å²) in [5, 5.41) is 9.10. The van der Waals surface area contributed by atoms with E-state index < -0.39 is 0 Å². The van der Waals surface area contributed by atoms with Crippen molar-refractivity contribution >= 4 is 22.2 Å². The first-order valence-electron chi connectivity index (χ1n) is 11.4. The van der Waals surface area contributed by atoms with Crippen LogP contribution in [0.25, 0.3) is 11.1 Å². The lowest BCUT2D eigenvalue weighted by Crippen LogP contribution is -2.01. The largest absolute Gasteiger partial charge is 0.493 e. The lowest BCUT2D eigenvalue weighted by atomic mass is 10.0.